The Balaban J connectivity index is 2.17. The summed E-state index contributed by atoms with van der Waals surface area (Å²) in [6.45, 7) is 1.68. The van der Waals surface area contributed by atoms with Crippen LogP contribution in [0.1, 0.15) is 27.5 Å². The zero-order chi connectivity index (χ0) is 14.5. The highest BCUT2D eigenvalue weighted by Gasteiger charge is 2.16. The molecule has 0 saturated heterocycles. The topological polar surface area (TPSA) is 49.3 Å². The quantitative estimate of drug-likeness (QED) is 0.908. The van der Waals surface area contributed by atoms with Crippen molar-refractivity contribution in [3.05, 3.63) is 70.2 Å². The van der Waals surface area contributed by atoms with Crippen LogP contribution in [-0.2, 0) is 0 Å². The van der Waals surface area contributed by atoms with Crippen molar-refractivity contribution in [3.63, 3.8) is 0 Å². The first kappa shape index (κ1) is 14.6. The summed E-state index contributed by atoms with van der Waals surface area (Å²) in [6.07, 6.45) is 0. The van der Waals surface area contributed by atoms with Gasteiger partial charge in [-0.05, 0) is 36.2 Å². The predicted molar refractivity (Wildman–Crippen MR) is 79.9 cm³/mol. The molecule has 20 heavy (non-hydrogen) atoms. The van der Waals surface area contributed by atoms with Gasteiger partial charge in [0.05, 0.1) is 12.6 Å². The first-order chi connectivity index (χ1) is 9.61. The number of rotatable bonds is 4. The molecule has 0 aromatic heterocycles. The van der Waals surface area contributed by atoms with E-state index >= 15 is 0 Å². The smallest absolute Gasteiger partial charge is 0.252 e. The number of nitrogens with one attached hydrogen (secondary N) is 1. The molecule has 2 aromatic carbocycles. The summed E-state index contributed by atoms with van der Waals surface area (Å²) in [5, 5.41) is 12.9. The lowest BCUT2D eigenvalue weighted by atomic mass is 10.1. The van der Waals surface area contributed by atoms with E-state index in [2.05, 4.69) is 5.32 Å². The normalized spacial score (nSPS) is 11.9. The van der Waals surface area contributed by atoms with E-state index in [0.717, 1.165) is 11.1 Å². The Bertz CT molecular complexity index is 599. The van der Waals surface area contributed by atoms with Crippen molar-refractivity contribution in [1.82, 2.24) is 5.32 Å². The average Bonchev–Trinajstić information content (AvgIpc) is 2.45. The zero-order valence-corrected chi connectivity index (χ0v) is 11.9. The minimum Gasteiger partial charge on any atom is -0.394 e. The minimum absolute atomic E-state index is 0.150. The van der Waals surface area contributed by atoms with Gasteiger partial charge in [-0.3, -0.25) is 4.79 Å². The largest absolute Gasteiger partial charge is 0.394 e. The van der Waals surface area contributed by atoms with E-state index < -0.39 is 6.04 Å². The van der Waals surface area contributed by atoms with Crippen molar-refractivity contribution in [2.75, 3.05) is 6.61 Å². The van der Waals surface area contributed by atoms with E-state index in [4.69, 9.17) is 11.6 Å². The number of aliphatic hydroxyl groups is 1. The number of carbonyl (C=O) groups excluding carboxylic acids is 1. The first-order valence-corrected chi connectivity index (χ1v) is 6.72. The number of halogens is 1. The van der Waals surface area contributed by atoms with E-state index in [1.165, 1.54) is 0 Å². The van der Waals surface area contributed by atoms with Crippen LogP contribution in [-0.4, -0.2) is 17.6 Å². The summed E-state index contributed by atoms with van der Waals surface area (Å²) in [7, 11) is 0. The van der Waals surface area contributed by atoms with Crippen molar-refractivity contribution in [3.8, 4) is 0 Å². The standard InChI is InChI=1S/C16H16ClNO2/c1-11-9-13(17)7-8-14(11)16(20)18-15(10-19)12-5-3-2-4-6-12/h2-9,15,19H,10H2,1H3,(H,18,20). The van der Waals surface area contributed by atoms with Crippen molar-refractivity contribution in [2.45, 2.75) is 13.0 Å². The van der Waals surface area contributed by atoms with Gasteiger partial charge in [-0.25, -0.2) is 0 Å². The van der Waals surface area contributed by atoms with Gasteiger partial charge in [-0.2, -0.15) is 0 Å². The SMILES string of the molecule is Cc1cc(Cl)ccc1C(=O)NC(CO)c1ccccc1. The van der Waals surface area contributed by atoms with Gasteiger partial charge < -0.3 is 10.4 Å². The summed E-state index contributed by atoms with van der Waals surface area (Å²) in [4.78, 5) is 12.3. The molecule has 0 fully saturated rings. The Hall–Kier alpha value is -1.84. The van der Waals surface area contributed by atoms with Crippen molar-refractivity contribution >= 4 is 17.5 Å². The van der Waals surface area contributed by atoms with Gasteiger partial charge in [-0.1, -0.05) is 41.9 Å². The lowest BCUT2D eigenvalue weighted by molar-refractivity contribution is 0.0915. The van der Waals surface area contributed by atoms with E-state index in [1.54, 1.807) is 18.2 Å². The molecule has 3 nitrogen and oxygen atoms in total. The molecule has 0 aliphatic heterocycles. The molecule has 0 bridgehead atoms. The van der Waals surface area contributed by atoms with E-state index in [0.29, 0.717) is 10.6 Å². The molecule has 2 N–H and O–H groups in total. The Kier molecular flexibility index (Phi) is 4.77. The summed E-state index contributed by atoms with van der Waals surface area (Å²) in [5.74, 6) is -0.220. The number of hydrogen-bond donors (Lipinski definition) is 2. The second-order valence-corrected chi connectivity index (χ2v) is 5.01. The Morgan fingerprint density at radius 1 is 1.25 bits per heavy atom. The third-order valence-electron chi connectivity index (χ3n) is 3.12. The second-order valence-electron chi connectivity index (χ2n) is 4.58. The molecule has 1 unspecified atom stereocenters. The van der Waals surface area contributed by atoms with Gasteiger partial charge in [0.1, 0.15) is 0 Å². The highest BCUT2D eigenvalue weighted by molar-refractivity contribution is 6.30. The molecule has 2 rings (SSSR count). The van der Waals surface area contributed by atoms with E-state index in [1.807, 2.05) is 37.3 Å². The van der Waals surface area contributed by atoms with Crippen LogP contribution in [0.3, 0.4) is 0 Å². The average molecular weight is 290 g/mol. The number of aliphatic hydroxyl groups excluding tert-OH is 1. The maximum Gasteiger partial charge on any atom is 0.252 e. The van der Waals surface area contributed by atoms with Crippen LogP contribution in [0.5, 0.6) is 0 Å². The van der Waals surface area contributed by atoms with Crippen LogP contribution in [0.2, 0.25) is 5.02 Å². The highest BCUT2D eigenvalue weighted by atomic mass is 35.5. The van der Waals surface area contributed by atoms with Gasteiger partial charge in [0.2, 0.25) is 0 Å². The fraction of sp³-hybridized carbons (Fsp3) is 0.188. The third-order valence-corrected chi connectivity index (χ3v) is 3.36. The summed E-state index contributed by atoms with van der Waals surface area (Å²) in [6, 6.07) is 14.1. The van der Waals surface area contributed by atoms with Crippen LogP contribution in [0, 0.1) is 6.92 Å². The number of aryl methyl sites for hydroxylation is 1. The monoisotopic (exact) mass is 289 g/mol. The third kappa shape index (κ3) is 3.38. The number of benzene rings is 2. The molecule has 104 valence electrons. The molecule has 4 heteroatoms. The van der Waals surface area contributed by atoms with Crippen molar-refractivity contribution < 1.29 is 9.90 Å². The van der Waals surface area contributed by atoms with Crippen molar-refractivity contribution in [2.24, 2.45) is 0 Å². The molecule has 1 amide bonds. The van der Waals surface area contributed by atoms with Crippen molar-refractivity contribution in [1.29, 1.82) is 0 Å². The molecule has 0 heterocycles. The summed E-state index contributed by atoms with van der Waals surface area (Å²) >= 11 is 5.88. The Morgan fingerprint density at radius 2 is 1.95 bits per heavy atom. The number of amides is 1. The molecule has 0 spiro atoms. The fourth-order valence-electron chi connectivity index (χ4n) is 2.04. The van der Waals surface area contributed by atoms with Crippen LogP contribution in [0.15, 0.2) is 48.5 Å². The molecule has 0 radical (unpaired) electrons. The molecule has 2 aromatic rings. The first-order valence-electron chi connectivity index (χ1n) is 6.34. The summed E-state index contributed by atoms with van der Waals surface area (Å²) < 4.78 is 0. The molecular formula is C16H16ClNO2. The van der Waals surface area contributed by atoms with Gasteiger partial charge in [0, 0.05) is 10.6 Å². The van der Waals surface area contributed by atoms with Crippen LogP contribution in [0.4, 0.5) is 0 Å². The zero-order valence-electron chi connectivity index (χ0n) is 11.1. The molecular weight excluding hydrogens is 274 g/mol. The van der Waals surface area contributed by atoms with Crippen LogP contribution in [0.25, 0.3) is 0 Å². The molecule has 0 saturated carbocycles. The molecule has 0 aliphatic rings. The number of hydrogen-bond acceptors (Lipinski definition) is 2. The predicted octanol–water partition coefficient (Wildman–Crippen LogP) is 3.11. The second kappa shape index (κ2) is 6.55. The van der Waals surface area contributed by atoms with E-state index in [-0.39, 0.29) is 12.5 Å². The Labute approximate surface area is 123 Å². The lowest BCUT2D eigenvalue weighted by Gasteiger charge is -2.17. The maximum atomic E-state index is 12.3. The summed E-state index contributed by atoms with van der Waals surface area (Å²) in [5.41, 5.74) is 2.23. The maximum absolute atomic E-state index is 12.3. The van der Waals surface area contributed by atoms with Gasteiger partial charge in [0.15, 0.2) is 0 Å². The van der Waals surface area contributed by atoms with Crippen LogP contribution >= 0.6 is 11.6 Å². The number of carbonyl (C=O) groups is 1. The van der Waals surface area contributed by atoms with Gasteiger partial charge in [0.25, 0.3) is 5.91 Å². The minimum atomic E-state index is -0.418. The van der Waals surface area contributed by atoms with E-state index in [9.17, 15) is 9.90 Å². The van der Waals surface area contributed by atoms with Gasteiger partial charge >= 0.3 is 0 Å². The Morgan fingerprint density at radius 3 is 2.55 bits per heavy atom. The lowest BCUT2D eigenvalue weighted by Crippen LogP contribution is -2.31. The fourth-order valence-corrected chi connectivity index (χ4v) is 2.26. The van der Waals surface area contributed by atoms with Crippen LogP contribution < -0.4 is 5.32 Å². The highest BCUT2D eigenvalue weighted by Crippen LogP contribution is 2.17. The molecule has 0 aliphatic carbocycles. The van der Waals surface area contributed by atoms with Gasteiger partial charge in [-0.15, -0.1) is 0 Å². The molecule has 1 atom stereocenters.